The van der Waals surface area contributed by atoms with Gasteiger partial charge in [0.25, 0.3) is 0 Å². The van der Waals surface area contributed by atoms with Crippen LogP contribution < -0.4 is 5.32 Å². The maximum atomic E-state index is 12.1. The quantitative estimate of drug-likeness (QED) is 0.943. The number of hydrogen-bond acceptors (Lipinski definition) is 4. The zero-order valence-electron chi connectivity index (χ0n) is 11.9. The fourth-order valence-electron chi connectivity index (χ4n) is 2.69. The molecular weight excluding hydrogens is 282 g/mol. The molecule has 2 aromatic heterocycles. The predicted octanol–water partition coefficient (Wildman–Crippen LogP) is 3.20. The first-order valence-corrected chi connectivity index (χ1v) is 8.34. The molecule has 0 spiro atoms. The lowest BCUT2D eigenvalue weighted by Gasteiger charge is -2.22. The van der Waals surface area contributed by atoms with Crippen LogP contribution in [0.5, 0.6) is 0 Å². The van der Waals surface area contributed by atoms with E-state index in [1.165, 1.54) is 30.6 Å². The molecule has 1 amide bonds. The number of thiazole rings is 1. The number of aromatic nitrogens is 2. The number of pyridine rings is 1. The summed E-state index contributed by atoms with van der Waals surface area (Å²) in [5.41, 5.74) is 1.69. The van der Waals surface area contributed by atoms with Crippen LogP contribution in [0.1, 0.15) is 37.8 Å². The van der Waals surface area contributed by atoms with Gasteiger partial charge in [0.15, 0.2) is 0 Å². The molecule has 0 bridgehead atoms. The molecule has 5 heteroatoms. The number of rotatable bonds is 4. The van der Waals surface area contributed by atoms with Gasteiger partial charge in [-0.1, -0.05) is 25.3 Å². The van der Waals surface area contributed by atoms with Gasteiger partial charge in [0.2, 0.25) is 5.91 Å². The molecule has 0 aliphatic heterocycles. The lowest BCUT2D eigenvalue weighted by atomic mass is 9.95. The second-order valence-corrected chi connectivity index (χ2v) is 6.30. The molecule has 1 saturated carbocycles. The van der Waals surface area contributed by atoms with Crippen molar-refractivity contribution in [3.05, 3.63) is 35.5 Å². The van der Waals surface area contributed by atoms with Gasteiger partial charge in [0.05, 0.1) is 17.8 Å². The summed E-state index contributed by atoms with van der Waals surface area (Å²) in [6.45, 7) is 0. The molecule has 2 aromatic rings. The summed E-state index contributed by atoms with van der Waals surface area (Å²) >= 11 is 1.54. The number of carbonyl (C=O) groups excluding carboxylic acids is 1. The summed E-state index contributed by atoms with van der Waals surface area (Å²) in [6, 6.07) is 6.12. The Morgan fingerprint density at radius 3 is 2.90 bits per heavy atom. The number of hydrogen-bond donors (Lipinski definition) is 1. The van der Waals surface area contributed by atoms with Crippen LogP contribution in [0.15, 0.2) is 29.8 Å². The average molecular weight is 301 g/mol. The van der Waals surface area contributed by atoms with Crippen LogP contribution in [-0.4, -0.2) is 21.9 Å². The van der Waals surface area contributed by atoms with E-state index in [1.807, 2.05) is 23.6 Å². The highest BCUT2D eigenvalue weighted by atomic mass is 32.1. The highest BCUT2D eigenvalue weighted by Gasteiger charge is 2.16. The SMILES string of the molecule is O=C(Cc1csc(-c2ccccn2)n1)NC1CCCCC1. The minimum atomic E-state index is 0.0831. The molecule has 0 unspecified atom stereocenters. The molecule has 1 aliphatic rings. The zero-order valence-corrected chi connectivity index (χ0v) is 12.7. The van der Waals surface area contributed by atoms with Gasteiger partial charge in [0.1, 0.15) is 5.01 Å². The lowest BCUT2D eigenvalue weighted by Crippen LogP contribution is -2.37. The predicted molar refractivity (Wildman–Crippen MR) is 84.1 cm³/mol. The Balaban J connectivity index is 1.58. The molecule has 0 saturated heterocycles. The van der Waals surface area contributed by atoms with Crippen molar-refractivity contribution in [2.24, 2.45) is 0 Å². The second-order valence-electron chi connectivity index (χ2n) is 5.44. The van der Waals surface area contributed by atoms with Crippen molar-refractivity contribution >= 4 is 17.2 Å². The lowest BCUT2D eigenvalue weighted by molar-refractivity contribution is -0.121. The first kappa shape index (κ1) is 14.2. The van der Waals surface area contributed by atoms with Crippen molar-refractivity contribution in [2.75, 3.05) is 0 Å². The summed E-state index contributed by atoms with van der Waals surface area (Å²) in [6.07, 6.45) is 8.10. The summed E-state index contributed by atoms with van der Waals surface area (Å²) < 4.78 is 0. The topological polar surface area (TPSA) is 54.9 Å². The minimum absolute atomic E-state index is 0.0831. The van der Waals surface area contributed by atoms with E-state index in [9.17, 15) is 4.79 Å². The summed E-state index contributed by atoms with van der Waals surface area (Å²) in [4.78, 5) is 20.9. The van der Waals surface area contributed by atoms with Crippen LogP contribution in [0.2, 0.25) is 0 Å². The van der Waals surface area contributed by atoms with E-state index in [0.29, 0.717) is 12.5 Å². The van der Waals surface area contributed by atoms with Crippen molar-refractivity contribution < 1.29 is 4.79 Å². The molecule has 3 rings (SSSR count). The molecule has 1 fully saturated rings. The molecule has 0 aromatic carbocycles. The van der Waals surface area contributed by atoms with E-state index in [4.69, 9.17) is 0 Å². The second kappa shape index (κ2) is 6.80. The van der Waals surface area contributed by atoms with E-state index in [0.717, 1.165) is 29.2 Å². The van der Waals surface area contributed by atoms with Crippen LogP contribution >= 0.6 is 11.3 Å². The van der Waals surface area contributed by atoms with Crippen molar-refractivity contribution in [1.29, 1.82) is 0 Å². The summed E-state index contributed by atoms with van der Waals surface area (Å²) in [5, 5.41) is 5.95. The van der Waals surface area contributed by atoms with Crippen LogP contribution in [-0.2, 0) is 11.2 Å². The highest BCUT2D eigenvalue weighted by molar-refractivity contribution is 7.13. The van der Waals surface area contributed by atoms with E-state index < -0.39 is 0 Å². The molecular formula is C16H19N3OS. The summed E-state index contributed by atoms with van der Waals surface area (Å²) in [7, 11) is 0. The van der Waals surface area contributed by atoms with Gasteiger partial charge in [-0.05, 0) is 25.0 Å². The maximum absolute atomic E-state index is 12.1. The molecule has 1 aliphatic carbocycles. The Hall–Kier alpha value is -1.75. The standard InChI is InChI=1S/C16H19N3OS/c20-15(18-12-6-2-1-3-7-12)10-13-11-21-16(19-13)14-8-4-5-9-17-14/h4-5,8-9,11-12H,1-3,6-7,10H2,(H,18,20). The van der Waals surface area contributed by atoms with Crippen LogP contribution in [0.25, 0.3) is 10.7 Å². The van der Waals surface area contributed by atoms with Gasteiger partial charge in [-0.25, -0.2) is 4.98 Å². The zero-order chi connectivity index (χ0) is 14.5. The fourth-order valence-corrected chi connectivity index (χ4v) is 3.48. The molecule has 2 heterocycles. The highest BCUT2D eigenvalue weighted by Crippen LogP contribution is 2.22. The first-order valence-electron chi connectivity index (χ1n) is 7.46. The summed E-state index contributed by atoms with van der Waals surface area (Å²) in [5.74, 6) is 0.0831. The van der Waals surface area contributed by atoms with Gasteiger partial charge in [-0.2, -0.15) is 0 Å². The fraction of sp³-hybridized carbons (Fsp3) is 0.438. The normalized spacial score (nSPS) is 15.8. The largest absolute Gasteiger partial charge is 0.353 e. The number of nitrogens with zero attached hydrogens (tertiary/aromatic N) is 2. The van der Waals surface area contributed by atoms with Crippen molar-refractivity contribution in [2.45, 2.75) is 44.6 Å². The number of amides is 1. The minimum Gasteiger partial charge on any atom is -0.353 e. The van der Waals surface area contributed by atoms with E-state index in [2.05, 4.69) is 15.3 Å². The maximum Gasteiger partial charge on any atom is 0.226 e. The van der Waals surface area contributed by atoms with Gasteiger partial charge in [0, 0.05) is 17.6 Å². The molecule has 21 heavy (non-hydrogen) atoms. The average Bonchev–Trinajstić information content (AvgIpc) is 2.97. The van der Waals surface area contributed by atoms with Crippen LogP contribution in [0, 0.1) is 0 Å². The third-order valence-corrected chi connectivity index (χ3v) is 4.66. The number of carbonyl (C=O) groups is 1. The molecule has 1 N–H and O–H groups in total. The molecule has 0 radical (unpaired) electrons. The van der Waals surface area contributed by atoms with Crippen LogP contribution in [0.4, 0.5) is 0 Å². The van der Waals surface area contributed by atoms with Crippen molar-refractivity contribution in [3.63, 3.8) is 0 Å². The Morgan fingerprint density at radius 2 is 2.14 bits per heavy atom. The third-order valence-electron chi connectivity index (χ3n) is 3.75. The Labute approximate surface area is 128 Å². The van der Waals surface area contributed by atoms with Gasteiger partial charge in [-0.15, -0.1) is 11.3 Å². The smallest absolute Gasteiger partial charge is 0.226 e. The third kappa shape index (κ3) is 3.88. The van der Waals surface area contributed by atoms with E-state index >= 15 is 0 Å². The molecule has 110 valence electrons. The van der Waals surface area contributed by atoms with Crippen LogP contribution in [0.3, 0.4) is 0 Å². The molecule has 0 atom stereocenters. The van der Waals surface area contributed by atoms with E-state index in [-0.39, 0.29) is 5.91 Å². The number of nitrogens with one attached hydrogen (secondary N) is 1. The Bertz CT molecular complexity index is 591. The van der Waals surface area contributed by atoms with Crippen molar-refractivity contribution in [3.8, 4) is 10.7 Å². The van der Waals surface area contributed by atoms with Gasteiger partial charge < -0.3 is 5.32 Å². The molecule has 4 nitrogen and oxygen atoms in total. The van der Waals surface area contributed by atoms with Gasteiger partial charge in [-0.3, -0.25) is 9.78 Å². The Kier molecular flexibility index (Phi) is 4.60. The first-order chi connectivity index (χ1) is 10.3. The Morgan fingerprint density at radius 1 is 1.29 bits per heavy atom. The van der Waals surface area contributed by atoms with Crippen molar-refractivity contribution in [1.82, 2.24) is 15.3 Å². The monoisotopic (exact) mass is 301 g/mol. The van der Waals surface area contributed by atoms with Gasteiger partial charge >= 0.3 is 0 Å². The van der Waals surface area contributed by atoms with E-state index in [1.54, 1.807) is 6.20 Å².